The number of fused-ring (bicyclic) bond motifs is 1. The molecular formula is C22H25N3O2S. The van der Waals surface area contributed by atoms with Gasteiger partial charge in [0.05, 0.1) is 16.2 Å². The van der Waals surface area contributed by atoms with Crippen molar-refractivity contribution >= 4 is 28.6 Å². The molecule has 2 aromatic carbocycles. The summed E-state index contributed by atoms with van der Waals surface area (Å²) in [6.45, 7) is 2.42. The first-order valence-electron chi connectivity index (χ1n) is 9.38. The molecule has 0 bridgehead atoms. The number of hydrogen-bond acceptors (Lipinski definition) is 4. The molecule has 3 aromatic rings. The Morgan fingerprint density at radius 2 is 1.79 bits per heavy atom. The first kappa shape index (κ1) is 20.1. The molecule has 5 nitrogen and oxygen atoms in total. The molecule has 28 heavy (non-hydrogen) atoms. The average Bonchev–Trinajstić information content (AvgIpc) is 2.70. The van der Waals surface area contributed by atoms with Crippen LogP contribution in [0.4, 0.5) is 0 Å². The number of aryl methyl sites for hydroxylation is 1. The van der Waals surface area contributed by atoms with Crippen LogP contribution in [0.1, 0.15) is 18.9 Å². The van der Waals surface area contributed by atoms with Crippen LogP contribution in [0, 0.1) is 0 Å². The Morgan fingerprint density at radius 3 is 2.50 bits per heavy atom. The highest BCUT2D eigenvalue weighted by molar-refractivity contribution is 8.00. The number of hydrogen-bond donors (Lipinski definition) is 0. The van der Waals surface area contributed by atoms with Gasteiger partial charge in [0, 0.05) is 20.6 Å². The van der Waals surface area contributed by atoms with Gasteiger partial charge in [0.25, 0.3) is 5.56 Å². The summed E-state index contributed by atoms with van der Waals surface area (Å²) in [7, 11) is 3.47. The molecule has 0 fully saturated rings. The van der Waals surface area contributed by atoms with E-state index in [0.717, 1.165) is 12.8 Å². The predicted molar refractivity (Wildman–Crippen MR) is 115 cm³/mol. The molecule has 146 valence electrons. The second kappa shape index (κ2) is 9.06. The minimum Gasteiger partial charge on any atom is -0.348 e. The largest absolute Gasteiger partial charge is 0.348 e. The second-order valence-electron chi connectivity index (χ2n) is 6.95. The molecule has 6 heteroatoms. The molecule has 0 aliphatic heterocycles. The highest BCUT2D eigenvalue weighted by Crippen LogP contribution is 2.24. The lowest BCUT2D eigenvalue weighted by Crippen LogP contribution is -2.31. The first-order valence-corrected chi connectivity index (χ1v) is 10.3. The Labute approximate surface area is 169 Å². The average molecular weight is 396 g/mol. The fourth-order valence-electron chi connectivity index (χ4n) is 3.09. The summed E-state index contributed by atoms with van der Waals surface area (Å²) in [6, 6.07) is 17.6. The molecule has 0 radical (unpaired) electrons. The Bertz CT molecular complexity index is 1020. The number of thioether (sulfide) groups is 1. The number of amides is 1. The lowest BCUT2D eigenvalue weighted by Gasteiger charge is -2.18. The van der Waals surface area contributed by atoms with E-state index in [4.69, 9.17) is 4.98 Å². The number of para-hydroxylation sites is 1. The number of nitrogens with zero attached hydrogens (tertiary/aromatic N) is 3. The van der Waals surface area contributed by atoms with E-state index in [1.54, 1.807) is 29.6 Å². The maximum Gasteiger partial charge on any atom is 0.262 e. The molecule has 1 aromatic heterocycles. The molecule has 0 unspecified atom stereocenters. The molecule has 1 heterocycles. The number of benzene rings is 2. The van der Waals surface area contributed by atoms with Crippen molar-refractivity contribution in [2.75, 3.05) is 14.1 Å². The minimum absolute atomic E-state index is 0.00300. The van der Waals surface area contributed by atoms with Gasteiger partial charge in [-0.25, -0.2) is 4.98 Å². The second-order valence-corrected chi connectivity index (χ2v) is 8.26. The highest BCUT2D eigenvalue weighted by Gasteiger charge is 2.20. The van der Waals surface area contributed by atoms with Crippen LogP contribution in [0.15, 0.2) is 64.5 Å². The van der Waals surface area contributed by atoms with Crippen LogP contribution >= 0.6 is 11.8 Å². The number of carbonyl (C=O) groups excluding carboxylic acids is 1. The van der Waals surface area contributed by atoms with Crippen LogP contribution in [0.2, 0.25) is 0 Å². The maximum absolute atomic E-state index is 13.1. The van der Waals surface area contributed by atoms with Crippen LogP contribution in [0.5, 0.6) is 0 Å². The maximum atomic E-state index is 13.1. The number of carbonyl (C=O) groups is 1. The zero-order chi connectivity index (χ0) is 20.1. The Balaban J connectivity index is 1.90. The Morgan fingerprint density at radius 1 is 1.11 bits per heavy atom. The van der Waals surface area contributed by atoms with Crippen molar-refractivity contribution < 1.29 is 4.79 Å². The number of aromatic nitrogens is 2. The van der Waals surface area contributed by atoms with Crippen molar-refractivity contribution in [3.8, 4) is 0 Å². The predicted octanol–water partition coefficient (Wildman–Crippen LogP) is 3.60. The third kappa shape index (κ3) is 4.62. The van der Waals surface area contributed by atoms with Gasteiger partial charge < -0.3 is 4.90 Å². The summed E-state index contributed by atoms with van der Waals surface area (Å²) in [5.41, 5.74) is 1.86. The van der Waals surface area contributed by atoms with E-state index >= 15 is 0 Å². The lowest BCUT2D eigenvalue weighted by atomic mass is 10.1. The molecule has 0 saturated heterocycles. The number of rotatable bonds is 7. The van der Waals surface area contributed by atoms with Gasteiger partial charge >= 0.3 is 0 Å². The summed E-state index contributed by atoms with van der Waals surface area (Å²) >= 11 is 1.34. The molecule has 0 spiro atoms. The molecule has 0 N–H and O–H groups in total. The van der Waals surface area contributed by atoms with Crippen molar-refractivity contribution in [3.05, 3.63) is 70.5 Å². The zero-order valence-electron chi connectivity index (χ0n) is 16.5. The van der Waals surface area contributed by atoms with E-state index in [2.05, 4.69) is 12.1 Å². The van der Waals surface area contributed by atoms with Crippen LogP contribution < -0.4 is 5.56 Å². The van der Waals surface area contributed by atoms with Gasteiger partial charge in [-0.3, -0.25) is 14.2 Å². The third-order valence-corrected chi connectivity index (χ3v) is 5.67. The van der Waals surface area contributed by atoms with Gasteiger partial charge in [-0.1, -0.05) is 54.2 Å². The van der Waals surface area contributed by atoms with Crippen LogP contribution in [0.3, 0.4) is 0 Å². The molecule has 1 amide bonds. The van der Waals surface area contributed by atoms with E-state index < -0.39 is 0 Å². The van der Waals surface area contributed by atoms with Gasteiger partial charge in [0.1, 0.15) is 0 Å². The summed E-state index contributed by atoms with van der Waals surface area (Å²) in [4.78, 5) is 31.7. The van der Waals surface area contributed by atoms with E-state index in [-0.39, 0.29) is 16.7 Å². The van der Waals surface area contributed by atoms with Crippen molar-refractivity contribution in [2.24, 2.45) is 0 Å². The molecule has 1 atom stereocenters. The van der Waals surface area contributed by atoms with Crippen LogP contribution in [0.25, 0.3) is 10.9 Å². The summed E-state index contributed by atoms with van der Waals surface area (Å²) in [6.07, 6.45) is 1.71. The normalized spacial score (nSPS) is 12.1. The molecule has 0 saturated carbocycles. The summed E-state index contributed by atoms with van der Waals surface area (Å²) in [5.74, 6) is 0.00300. The SMILES string of the molecule is C[C@H](Sc1nc2ccccc2c(=O)n1CCCc1ccccc1)C(=O)N(C)C. The van der Waals surface area contributed by atoms with E-state index in [0.29, 0.717) is 22.6 Å². The van der Waals surface area contributed by atoms with Crippen LogP contribution in [-0.2, 0) is 17.8 Å². The monoisotopic (exact) mass is 395 g/mol. The van der Waals surface area contributed by atoms with Crippen molar-refractivity contribution in [1.29, 1.82) is 0 Å². The van der Waals surface area contributed by atoms with Gasteiger partial charge in [0.2, 0.25) is 5.91 Å². The lowest BCUT2D eigenvalue weighted by molar-refractivity contribution is -0.127. The Kier molecular flexibility index (Phi) is 6.52. The fourth-order valence-corrected chi connectivity index (χ4v) is 4.17. The molecule has 0 aliphatic carbocycles. The topological polar surface area (TPSA) is 55.2 Å². The van der Waals surface area contributed by atoms with Gasteiger partial charge in [0.15, 0.2) is 5.16 Å². The van der Waals surface area contributed by atoms with Gasteiger partial charge in [-0.15, -0.1) is 0 Å². The molecule has 0 aliphatic rings. The smallest absolute Gasteiger partial charge is 0.262 e. The van der Waals surface area contributed by atoms with E-state index in [1.165, 1.54) is 17.3 Å². The van der Waals surface area contributed by atoms with Crippen molar-refractivity contribution in [1.82, 2.24) is 14.5 Å². The molecule has 3 rings (SSSR count). The Hall–Kier alpha value is -2.60. The van der Waals surface area contributed by atoms with E-state index in [9.17, 15) is 9.59 Å². The highest BCUT2D eigenvalue weighted by atomic mass is 32.2. The van der Waals surface area contributed by atoms with Crippen LogP contribution in [-0.4, -0.2) is 39.7 Å². The summed E-state index contributed by atoms with van der Waals surface area (Å²) in [5, 5.41) is 0.890. The third-order valence-electron chi connectivity index (χ3n) is 4.59. The quantitative estimate of drug-likeness (QED) is 0.453. The van der Waals surface area contributed by atoms with Crippen molar-refractivity contribution in [3.63, 3.8) is 0 Å². The van der Waals surface area contributed by atoms with Crippen molar-refractivity contribution in [2.45, 2.75) is 36.7 Å². The zero-order valence-corrected chi connectivity index (χ0v) is 17.3. The van der Waals surface area contributed by atoms with Gasteiger partial charge in [-0.2, -0.15) is 0 Å². The summed E-state index contributed by atoms with van der Waals surface area (Å²) < 4.78 is 1.72. The fraction of sp³-hybridized carbons (Fsp3) is 0.318. The molecular weight excluding hydrogens is 370 g/mol. The standard InChI is InChI=1S/C22H25N3O2S/c1-16(20(26)24(2)3)28-22-23-19-14-8-7-13-18(19)21(27)25(22)15-9-12-17-10-5-4-6-11-17/h4-8,10-11,13-14,16H,9,12,15H2,1-3H3/t16-/m0/s1. The first-order chi connectivity index (χ1) is 13.5. The van der Waals surface area contributed by atoms with E-state index in [1.807, 2.05) is 43.3 Å². The van der Waals surface area contributed by atoms with Gasteiger partial charge in [-0.05, 0) is 37.5 Å². The minimum atomic E-state index is -0.316.